The van der Waals surface area contributed by atoms with Gasteiger partial charge in [0.25, 0.3) is 11.8 Å². The second-order valence-electron chi connectivity index (χ2n) is 12.3. The smallest absolute Gasteiger partial charge is 0.251 e. The molecular weight excluding hydrogens is 556 g/mol. The van der Waals surface area contributed by atoms with E-state index in [2.05, 4.69) is 27.1 Å². The summed E-state index contributed by atoms with van der Waals surface area (Å²) >= 11 is 0. The van der Waals surface area contributed by atoms with E-state index in [1.165, 1.54) is 0 Å². The van der Waals surface area contributed by atoms with E-state index in [1.807, 2.05) is 50.2 Å². The molecule has 6 rings (SSSR count). The fourth-order valence-corrected chi connectivity index (χ4v) is 7.32. The van der Waals surface area contributed by atoms with E-state index in [1.54, 1.807) is 19.0 Å². The number of carbonyl (C=O) groups excluding carboxylic acids is 3. The lowest BCUT2D eigenvalue weighted by Gasteiger charge is -2.37. The fraction of sp³-hybridized carbons (Fsp3) is 0.455. The molecule has 1 aliphatic heterocycles. The second kappa shape index (κ2) is 11.5. The summed E-state index contributed by atoms with van der Waals surface area (Å²) in [6.45, 7) is 4.03. The number of aryl methyl sites for hydroxylation is 3. The van der Waals surface area contributed by atoms with Crippen LogP contribution in [0, 0.1) is 24.2 Å². The number of H-pyrrole nitrogens is 1. The van der Waals surface area contributed by atoms with Crippen molar-refractivity contribution in [1.29, 1.82) is 5.26 Å². The molecule has 0 spiro atoms. The number of amides is 3. The minimum Gasteiger partial charge on any atom is -0.355 e. The highest BCUT2D eigenvalue weighted by Gasteiger charge is 2.54. The summed E-state index contributed by atoms with van der Waals surface area (Å²) in [5.41, 5.74) is 4.26. The summed E-state index contributed by atoms with van der Waals surface area (Å²) in [6, 6.07) is 13.5. The molecule has 228 valence electrons. The van der Waals surface area contributed by atoms with Crippen molar-refractivity contribution in [3.8, 4) is 6.07 Å². The lowest BCUT2D eigenvalue weighted by Crippen LogP contribution is -2.46. The molecule has 1 saturated heterocycles. The second-order valence-corrected chi connectivity index (χ2v) is 12.3. The van der Waals surface area contributed by atoms with E-state index < -0.39 is 5.41 Å². The van der Waals surface area contributed by atoms with Gasteiger partial charge in [0.2, 0.25) is 5.91 Å². The Balaban J connectivity index is 1.43. The maximum atomic E-state index is 13.3. The fourth-order valence-electron chi connectivity index (χ4n) is 7.32. The number of benzene rings is 2. The minimum absolute atomic E-state index is 0.0525. The highest BCUT2D eigenvalue weighted by molar-refractivity contribution is 5.95. The van der Waals surface area contributed by atoms with Gasteiger partial charge in [-0.05, 0) is 98.4 Å². The number of piperidine rings is 1. The first-order valence-corrected chi connectivity index (χ1v) is 15.2. The van der Waals surface area contributed by atoms with E-state index in [-0.39, 0.29) is 42.4 Å². The summed E-state index contributed by atoms with van der Waals surface area (Å²) in [5, 5.41) is 26.2. The van der Waals surface area contributed by atoms with Gasteiger partial charge in [0.15, 0.2) is 5.82 Å². The molecule has 2 aliphatic carbocycles. The van der Waals surface area contributed by atoms with Crippen LogP contribution in [0.5, 0.6) is 0 Å². The Morgan fingerprint density at radius 3 is 2.18 bits per heavy atom. The third-order valence-corrected chi connectivity index (χ3v) is 9.51. The summed E-state index contributed by atoms with van der Waals surface area (Å²) in [4.78, 5) is 45.3. The average Bonchev–Trinajstić information content (AvgIpc) is 3.53. The number of nitrogens with zero attached hydrogens (tertiary/aromatic N) is 4. The quantitative estimate of drug-likeness (QED) is 0.311. The lowest BCUT2D eigenvalue weighted by molar-refractivity contribution is -0.131. The zero-order chi connectivity index (χ0) is 31.2. The Kier molecular flexibility index (Phi) is 7.72. The predicted molar refractivity (Wildman–Crippen MR) is 163 cm³/mol. The molecule has 11 heteroatoms. The van der Waals surface area contributed by atoms with Crippen LogP contribution in [0.1, 0.15) is 80.8 Å². The average molecular weight is 595 g/mol. The first-order chi connectivity index (χ1) is 21.2. The van der Waals surface area contributed by atoms with Gasteiger partial charge in [0.1, 0.15) is 11.9 Å². The topological polar surface area (TPSA) is 156 Å². The van der Waals surface area contributed by atoms with Crippen LogP contribution in [-0.4, -0.2) is 76.6 Å². The van der Waals surface area contributed by atoms with Gasteiger partial charge in [0, 0.05) is 37.3 Å². The van der Waals surface area contributed by atoms with Gasteiger partial charge in [-0.1, -0.05) is 12.1 Å². The van der Waals surface area contributed by atoms with E-state index >= 15 is 0 Å². The Morgan fingerprint density at radius 1 is 1.05 bits per heavy atom. The normalized spacial score (nSPS) is 21.6. The van der Waals surface area contributed by atoms with Gasteiger partial charge in [-0.15, -0.1) is 0 Å². The van der Waals surface area contributed by atoms with Crippen LogP contribution in [0.25, 0.3) is 0 Å². The standard InChI is InChI=1S/C33H38N8O3/c1-18(37-17-29(42)41-25(16-34)13-24-14-28(24)41)15-33(32-38-19(2)39-40-32)26-9-7-22(30(43)35-3)11-20(26)5-6-21-12-23(31(44)36-4)8-10-27(21)33/h7-12,18,24-25,28,37H,5-6,13-15,17H2,1-4H3,(H,35,43)(H,36,44)(H,38,39,40)/t18-,24-,25?,28+/m1/s1. The maximum Gasteiger partial charge on any atom is 0.251 e. The number of aromatic nitrogens is 3. The van der Waals surface area contributed by atoms with Crippen molar-refractivity contribution in [2.24, 2.45) is 5.92 Å². The molecule has 1 unspecified atom stereocenters. The molecule has 3 amide bonds. The molecule has 11 nitrogen and oxygen atoms in total. The monoisotopic (exact) mass is 594 g/mol. The van der Waals surface area contributed by atoms with Crippen LogP contribution in [0.3, 0.4) is 0 Å². The maximum absolute atomic E-state index is 13.3. The van der Waals surface area contributed by atoms with E-state index in [0.29, 0.717) is 48.0 Å². The first kappa shape index (κ1) is 29.5. The van der Waals surface area contributed by atoms with Crippen molar-refractivity contribution in [2.45, 2.75) is 69.5 Å². The Labute approximate surface area is 256 Å². The predicted octanol–water partition coefficient (Wildman–Crippen LogP) is 2.15. The highest BCUT2D eigenvalue weighted by Crippen LogP contribution is 2.48. The zero-order valence-corrected chi connectivity index (χ0v) is 25.5. The van der Waals surface area contributed by atoms with Crippen molar-refractivity contribution >= 4 is 17.7 Å². The Bertz CT molecular complexity index is 1610. The third-order valence-electron chi connectivity index (χ3n) is 9.51. The summed E-state index contributed by atoms with van der Waals surface area (Å²) in [6.07, 6.45) is 3.56. The highest BCUT2D eigenvalue weighted by atomic mass is 16.2. The number of nitriles is 1. The Hall–Kier alpha value is -4.56. The largest absolute Gasteiger partial charge is 0.355 e. The van der Waals surface area contributed by atoms with Crippen LogP contribution in [0.2, 0.25) is 0 Å². The Morgan fingerprint density at radius 2 is 1.66 bits per heavy atom. The molecule has 4 N–H and O–H groups in total. The van der Waals surface area contributed by atoms with Crippen molar-refractivity contribution in [2.75, 3.05) is 20.6 Å². The number of aromatic amines is 1. The van der Waals surface area contributed by atoms with Crippen molar-refractivity contribution in [1.82, 2.24) is 36.0 Å². The molecule has 2 heterocycles. The van der Waals surface area contributed by atoms with Gasteiger partial charge >= 0.3 is 0 Å². The first-order valence-electron chi connectivity index (χ1n) is 15.2. The molecule has 0 bridgehead atoms. The molecule has 44 heavy (non-hydrogen) atoms. The molecule has 0 radical (unpaired) electrons. The van der Waals surface area contributed by atoms with Crippen molar-refractivity contribution in [3.63, 3.8) is 0 Å². The third kappa shape index (κ3) is 5.03. The number of rotatable bonds is 8. The molecule has 3 aliphatic rings. The summed E-state index contributed by atoms with van der Waals surface area (Å²) in [5.74, 6) is 1.33. The number of likely N-dealkylation sites (tertiary alicyclic amines) is 1. The van der Waals surface area contributed by atoms with Gasteiger partial charge in [0.05, 0.1) is 18.0 Å². The van der Waals surface area contributed by atoms with Gasteiger partial charge < -0.3 is 20.9 Å². The number of nitrogens with one attached hydrogen (secondary N) is 4. The lowest BCUT2D eigenvalue weighted by atomic mass is 9.67. The number of hydrogen-bond acceptors (Lipinski definition) is 7. The van der Waals surface area contributed by atoms with Crippen LogP contribution in [-0.2, 0) is 23.1 Å². The summed E-state index contributed by atoms with van der Waals surface area (Å²) in [7, 11) is 3.23. The SMILES string of the molecule is CNC(=O)c1ccc2c(c1)CCc1cc(C(=O)NC)ccc1C2(C[C@@H](C)NCC(=O)N1C(C#N)C[C@@H]2C[C@@H]21)c1n[nH]c(C)n1. The van der Waals surface area contributed by atoms with Gasteiger partial charge in [-0.2, -0.15) is 10.4 Å². The molecular formula is C33H38N8O3. The van der Waals surface area contributed by atoms with Crippen LogP contribution >= 0.6 is 0 Å². The zero-order valence-electron chi connectivity index (χ0n) is 25.5. The number of carbonyl (C=O) groups is 3. The molecule has 1 aromatic heterocycles. The van der Waals surface area contributed by atoms with E-state index in [9.17, 15) is 19.6 Å². The van der Waals surface area contributed by atoms with E-state index in [4.69, 9.17) is 10.1 Å². The molecule has 2 aromatic carbocycles. The molecule has 2 fully saturated rings. The molecule has 4 atom stereocenters. The van der Waals surface area contributed by atoms with Crippen LogP contribution in [0.15, 0.2) is 36.4 Å². The van der Waals surface area contributed by atoms with E-state index in [0.717, 1.165) is 35.1 Å². The van der Waals surface area contributed by atoms with Crippen molar-refractivity contribution < 1.29 is 14.4 Å². The van der Waals surface area contributed by atoms with Crippen LogP contribution in [0.4, 0.5) is 0 Å². The molecule has 1 saturated carbocycles. The van der Waals surface area contributed by atoms with Gasteiger partial charge in [-0.25, -0.2) is 4.98 Å². The minimum atomic E-state index is -0.853. The van der Waals surface area contributed by atoms with Crippen molar-refractivity contribution in [3.05, 3.63) is 81.4 Å². The molecule has 3 aromatic rings. The summed E-state index contributed by atoms with van der Waals surface area (Å²) < 4.78 is 0. The number of fused-ring (bicyclic) bond motifs is 3. The van der Waals surface area contributed by atoms with Crippen LogP contribution < -0.4 is 16.0 Å². The number of hydrogen-bond donors (Lipinski definition) is 4. The van der Waals surface area contributed by atoms with Gasteiger partial charge in [-0.3, -0.25) is 19.5 Å².